The molecule has 2 amide bonds. The molecule has 36 heavy (non-hydrogen) atoms. The van der Waals surface area contributed by atoms with Crippen LogP contribution in [0.2, 0.25) is 0 Å². The van der Waals surface area contributed by atoms with Gasteiger partial charge in [0.15, 0.2) is 5.13 Å². The van der Waals surface area contributed by atoms with Crippen molar-refractivity contribution in [3.05, 3.63) is 89.3 Å². The van der Waals surface area contributed by atoms with E-state index in [0.29, 0.717) is 22.8 Å². The first-order chi connectivity index (χ1) is 17.5. The number of nitrogens with zero attached hydrogens (tertiary/aromatic N) is 1. The molecule has 1 unspecified atom stereocenters. The number of anilines is 2. The van der Waals surface area contributed by atoms with Crippen LogP contribution in [-0.4, -0.2) is 29.2 Å². The third-order valence-electron chi connectivity index (χ3n) is 5.43. The van der Waals surface area contributed by atoms with Crippen molar-refractivity contribution < 1.29 is 14.3 Å². The summed E-state index contributed by atoms with van der Waals surface area (Å²) in [5.74, 6) is 0.454. The van der Waals surface area contributed by atoms with E-state index in [-0.39, 0.29) is 17.1 Å². The Hall–Kier alpha value is -3.62. The summed E-state index contributed by atoms with van der Waals surface area (Å²) in [5, 5.41) is 8.03. The summed E-state index contributed by atoms with van der Waals surface area (Å²) in [6.07, 6.45) is 0.640. The van der Waals surface area contributed by atoms with Gasteiger partial charge in [0.2, 0.25) is 5.91 Å². The van der Waals surface area contributed by atoms with Gasteiger partial charge >= 0.3 is 0 Å². The number of carbonyl (C=O) groups is 2. The molecule has 6 nitrogen and oxygen atoms in total. The number of thiazole rings is 1. The molecule has 1 aromatic heterocycles. The van der Waals surface area contributed by atoms with Crippen LogP contribution in [0.15, 0.2) is 83.1 Å². The quantitative estimate of drug-likeness (QED) is 0.236. The highest BCUT2D eigenvalue weighted by atomic mass is 32.2. The van der Waals surface area contributed by atoms with Gasteiger partial charge in [0.1, 0.15) is 5.75 Å². The highest BCUT2D eigenvalue weighted by Crippen LogP contribution is 2.33. The van der Waals surface area contributed by atoms with Crippen molar-refractivity contribution in [2.45, 2.75) is 30.4 Å². The summed E-state index contributed by atoms with van der Waals surface area (Å²) >= 11 is 2.84. The molecule has 8 heteroatoms. The summed E-state index contributed by atoms with van der Waals surface area (Å²) in [7, 11) is 1.62. The monoisotopic (exact) mass is 517 g/mol. The van der Waals surface area contributed by atoms with Gasteiger partial charge in [-0.15, -0.1) is 23.1 Å². The molecule has 2 N–H and O–H groups in total. The molecule has 4 rings (SSSR count). The molecule has 0 spiro atoms. The molecular formula is C28H27N3O3S2. The van der Waals surface area contributed by atoms with Crippen LogP contribution in [0.25, 0.3) is 11.3 Å². The van der Waals surface area contributed by atoms with Gasteiger partial charge < -0.3 is 15.4 Å². The van der Waals surface area contributed by atoms with E-state index in [1.807, 2.05) is 86.0 Å². The summed E-state index contributed by atoms with van der Waals surface area (Å²) < 4.78 is 5.42. The molecule has 3 aromatic carbocycles. The number of benzene rings is 3. The lowest BCUT2D eigenvalue weighted by Gasteiger charge is -2.14. The first-order valence-corrected chi connectivity index (χ1v) is 13.3. The first kappa shape index (κ1) is 25.5. The van der Waals surface area contributed by atoms with Crippen molar-refractivity contribution in [1.29, 1.82) is 0 Å². The van der Waals surface area contributed by atoms with Crippen molar-refractivity contribution in [3.63, 3.8) is 0 Å². The molecule has 0 aliphatic heterocycles. The van der Waals surface area contributed by atoms with Crippen LogP contribution < -0.4 is 15.4 Å². The molecule has 1 heterocycles. The Morgan fingerprint density at radius 2 is 1.83 bits per heavy atom. The Morgan fingerprint density at radius 1 is 1.03 bits per heavy atom. The van der Waals surface area contributed by atoms with Crippen LogP contribution in [0.3, 0.4) is 0 Å². The smallest absolute Gasteiger partial charge is 0.255 e. The molecule has 0 saturated carbocycles. The summed E-state index contributed by atoms with van der Waals surface area (Å²) in [4.78, 5) is 31.1. The van der Waals surface area contributed by atoms with E-state index < -0.39 is 0 Å². The number of amides is 2. The van der Waals surface area contributed by atoms with Gasteiger partial charge in [0.25, 0.3) is 5.91 Å². The minimum Gasteiger partial charge on any atom is -0.496 e. The van der Waals surface area contributed by atoms with Gasteiger partial charge in [-0.3, -0.25) is 9.59 Å². The number of carbonyl (C=O) groups excluding carboxylic acids is 2. The highest BCUT2D eigenvalue weighted by molar-refractivity contribution is 8.00. The Morgan fingerprint density at radius 3 is 2.61 bits per heavy atom. The fraction of sp³-hybridized carbons (Fsp3) is 0.179. The second-order valence-corrected chi connectivity index (χ2v) is 10.2. The van der Waals surface area contributed by atoms with Crippen LogP contribution in [0.1, 0.15) is 29.3 Å². The van der Waals surface area contributed by atoms with Crippen LogP contribution in [0.4, 0.5) is 10.8 Å². The molecule has 1 atom stereocenters. The van der Waals surface area contributed by atoms with Crippen LogP contribution in [-0.2, 0) is 4.79 Å². The Labute approximate surface area is 219 Å². The van der Waals surface area contributed by atoms with Crippen molar-refractivity contribution in [3.8, 4) is 17.0 Å². The third-order valence-corrected chi connectivity index (χ3v) is 7.55. The van der Waals surface area contributed by atoms with Crippen molar-refractivity contribution in [2.24, 2.45) is 0 Å². The molecule has 0 saturated heterocycles. The highest BCUT2D eigenvalue weighted by Gasteiger charge is 2.20. The number of hydrogen-bond donors (Lipinski definition) is 2. The summed E-state index contributed by atoms with van der Waals surface area (Å²) in [5.41, 5.74) is 3.95. The number of nitrogens with one attached hydrogen (secondary N) is 2. The third kappa shape index (κ3) is 6.33. The fourth-order valence-corrected chi connectivity index (χ4v) is 5.35. The predicted octanol–water partition coefficient (Wildman–Crippen LogP) is 6.89. The number of thioether (sulfide) groups is 1. The SMILES string of the molecule is CCC(Sc1cccc(NC(=O)c2cccc(C)c2)c1)C(=O)Nc1nc(-c2ccccc2OC)cs1. The van der Waals surface area contributed by atoms with Gasteiger partial charge in [0, 0.05) is 27.1 Å². The minimum atomic E-state index is -0.314. The molecule has 0 bridgehead atoms. The normalized spacial score (nSPS) is 11.5. The van der Waals surface area contributed by atoms with Crippen molar-refractivity contribution >= 4 is 45.7 Å². The second kappa shape index (κ2) is 11.9. The number of methoxy groups -OCH3 is 1. The Kier molecular flexibility index (Phi) is 8.40. The van der Waals surface area contributed by atoms with Gasteiger partial charge in [-0.25, -0.2) is 4.98 Å². The van der Waals surface area contributed by atoms with E-state index in [1.165, 1.54) is 23.1 Å². The van der Waals surface area contributed by atoms with E-state index in [4.69, 9.17) is 4.74 Å². The zero-order chi connectivity index (χ0) is 25.5. The van der Waals surface area contributed by atoms with E-state index in [9.17, 15) is 9.59 Å². The number of aryl methyl sites for hydroxylation is 1. The van der Waals surface area contributed by atoms with Crippen LogP contribution in [0, 0.1) is 6.92 Å². The van der Waals surface area contributed by atoms with Crippen LogP contribution in [0.5, 0.6) is 5.75 Å². The van der Waals surface area contributed by atoms with Crippen molar-refractivity contribution in [1.82, 2.24) is 4.98 Å². The van der Waals surface area contributed by atoms with Crippen molar-refractivity contribution in [2.75, 3.05) is 17.7 Å². The van der Waals surface area contributed by atoms with E-state index in [2.05, 4.69) is 15.6 Å². The van der Waals surface area contributed by atoms with E-state index in [0.717, 1.165) is 27.5 Å². The minimum absolute atomic E-state index is 0.113. The van der Waals surface area contributed by atoms with Gasteiger partial charge in [-0.2, -0.15) is 0 Å². The molecule has 0 aliphatic carbocycles. The maximum absolute atomic E-state index is 13.0. The zero-order valence-corrected chi connectivity index (χ0v) is 21.9. The maximum atomic E-state index is 13.0. The molecule has 0 aliphatic rings. The summed E-state index contributed by atoms with van der Waals surface area (Å²) in [6, 6.07) is 22.6. The molecule has 0 radical (unpaired) electrons. The molecule has 184 valence electrons. The molecule has 0 fully saturated rings. The lowest BCUT2D eigenvalue weighted by atomic mass is 10.1. The topological polar surface area (TPSA) is 80.3 Å². The van der Waals surface area contributed by atoms with Gasteiger partial charge in [0.05, 0.1) is 18.1 Å². The number of ether oxygens (including phenoxy) is 1. The standard InChI is InChI=1S/C28H27N3O3S2/c1-4-25(27(33)31-28-30-23(17-35-28)22-13-5-6-14-24(22)34-3)36-21-12-8-11-20(16-21)29-26(32)19-10-7-9-18(2)15-19/h5-17,25H,4H2,1-3H3,(H,29,32)(H,30,31,33). The lowest BCUT2D eigenvalue weighted by molar-refractivity contribution is -0.115. The molecule has 4 aromatic rings. The van der Waals surface area contributed by atoms with Gasteiger partial charge in [-0.05, 0) is 55.8 Å². The average Bonchev–Trinajstić information content (AvgIpc) is 3.35. The Balaban J connectivity index is 1.41. The maximum Gasteiger partial charge on any atom is 0.255 e. The van der Waals surface area contributed by atoms with Crippen LogP contribution >= 0.6 is 23.1 Å². The van der Waals surface area contributed by atoms with E-state index >= 15 is 0 Å². The average molecular weight is 518 g/mol. The number of rotatable bonds is 9. The largest absolute Gasteiger partial charge is 0.496 e. The first-order valence-electron chi connectivity index (χ1n) is 11.5. The zero-order valence-electron chi connectivity index (χ0n) is 20.3. The summed E-state index contributed by atoms with van der Waals surface area (Å²) in [6.45, 7) is 3.93. The fourth-order valence-electron chi connectivity index (χ4n) is 3.62. The van der Waals surface area contributed by atoms with Gasteiger partial charge in [-0.1, -0.05) is 42.8 Å². The predicted molar refractivity (Wildman–Crippen MR) is 148 cm³/mol. The lowest BCUT2D eigenvalue weighted by Crippen LogP contribution is -2.24. The Bertz CT molecular complexity index is 1370. The number of para-hydroxylation sites is 1. The van der Waals surface area contributed by atoms with E-state index in [1.54, 1.807) is 13.2 Å². The number of aromatic nitrogens is 1. The number of hydrogen-bond acceptors (Lipinski definition) is 6. The molecular weight excluding hydrogens is 490 g/mol. The second-order valence-electron chi connectivity index (χ2n) is 8.09.